The highest BCUT2D eigenvalue weighted by molar-refractivity contribution is 9.11. The fraction of sp³-hybridized carbons (Fsp3) is 0.0714. The second-order valence-corrected chi connectivity index (χ2v) is 6.30. The van der Waals surface area contributed by atoms with Crippen molar-refractivity contribution in [3.05, 3.63) is 55.0 Å². The van der Waals surface area contributed by atoms with Gasteiger partial charge in [-0.25, -0.2) is 4.79 Å². The van der Waals surface area contributed by atoms with Gasteiger partial charge in [0.1, 0.15) is 11.3 Å². The molecule has 0 spiro atoms. The van der Waals surface area contributed by atoms with Gasteiger partial charge in [0.15, 0.2) is 11.4 Å². The molecule has 1 amide bonds. The largest absolute Gasteiger partial charge is 0.421 e. The second-order valence-electron chi connectivity index (χ2n) is 4.53. The van der Waals surface area contributed by atoms with E-state index >= 15 is 0 Å². The molecule has 0 fully saturated rings. The van der Waals surface area contributed by atoms with Crippen molar-refractivity contribution in [2.45, 2.75) is 6.92 Å². The van der Waals surface area contributed by atoms with Crippen molar-refractivity contribution in [2.75, 3.05) is 5.32 Å². The molecular weight excluding hydrogens is 420 g/mol. The number of amides is 1. The summed E-state index contributed by atoms with van der Waals surface area (Å²) in [6.45, 7) is 1.70. The Kier molecular flexibility index (Phi) is 3.88. The van der Waals surface area contributed by atoms with Crippen molar-refractivity contribution in [1.29, 1.82) is 0 Å². The van der Waals surface area contributed by atoms with E-state index in [2.05, 4.69) is 42.3 Å². The van der Waals surface area contributed by atoms with Crippen LogP contribution in [0.4, 0.5) is 5.82 Å². The Hall–Kier alpha value is -1.93. The van der Waals surface area contributed by atoms with Crippen LogP contribution in [0.5, 0.6) is 0 Å². The molecule has 112 valence electrons. The minimum Gasteiger partial charge on any atom is -0.421 e. The van der Waals surface area contributed by atoms with Crippen LogP contribution >= 0.6 is 31.9 Å². The van der Waals surface area contributed by atoms with Gasteiger partial charge in [-0.1, -0.05) is 21.1 Å². The van der Waals surface area contributed by atoms with E-state index in [1.807, 2.05) is 0 Å². The highest BCUT2D eigenvalue weighted by Gasteiger charge is 2.16. The molecule has 3 aromatic rings. The van der Waals surface area contributed by atoms with E-state index in [0.29, 0.717) is 21.2 Å². The number of rotatable bonds is 2. The summed E-state index contributed by atoms with van der Waals surface area (Å²) >= 11 is 6.66. The van der Waals surface area contributed by atoms with E-state index in [-0.39, 0.29) is 11.4 Å². The lowest BCUT2D eigenvalue weighted by Gasteiger charge is -2.04. The number of carbonyl (C=O) groups is 1. The van der Waals surface area contributed by atoms with Gasteiger partial charge < -0.3 is 14.3 Å². The number of fused-ring (bicyclic) bond motifs is 1. The quantitative estimate of drug-likeness (QED) is 0.627. The minimum absolute atomic E-state index is 0.113. The molecule has 0 saturated heterocycles. The van der Waals surface area contributed by atoms with Gasteiger partial charge in [-0.15, -0.1) is 0 Å². The normalized spacial score (nSPS) is 10.9. The Labute approximate surface area is 140 Å². The third-order valence-corrected chi connectivity index (χ3v) is 3.91. The van der Waals surface area contributed by atoms with Crippen LogP contribution in [-0.2, 0) is 0 Å². The molecule has 0 saturated carbocycles. The number of nitrogens with zero attached hydrogens (tertiary/aromatic N) is 1. The second kappa shape index (κ2) is 5.69. The third kappa shape index (κ3) is 2.84. The average molecular weight is 428 g/mol. The number of hydrogen-bond acceptors (Lipinski definition) is 5. The summed E-state index contributed by atoms with van der Waals surface area (Å²) in [4.78, 5) is 24.2. The van der Waals surface area contributed by atoms with Crippen molar-refractivity contribution in [3.63, 3.8) is 0 Å². The Morgan fingerprint density at radius 1 is 1.23 bits per heavy atom. The average Bonchev–Trinajstić information content (AvgIpc) is 2.84. The Balaban J connectivity index is 2.05. The van der Waals surface area contributed by atoms with E-state index in [9.17, 15) is 9.59 Å². The molecule has 6 nitrogen and oxygen atoms in total. The molecule has 0 bridgehead atoms. The fourth-order valence-corrected chi connectivity index (χ4v) is 3.26. The molecular formula is C14H8Br2N2O4. The maximum Gasteiger partial charge on any atom is 0.349 e. The summed E-state index contributed by atoms with van der Waals surface area (Å²) < 4.78 is 11.5. The zero-order valence-electron chi connectivity index (χ0n) is 11.1. The van der Waals surface area contributed by atoms with Crippen molar-refractivity contribution in [1.82, 2.24) is 5.16 Å². The minimum atomic E-state index is -0.728. The van der Waals surface area contributed by atoms with E-state index in [0.717, 1.165) is 4.47 Å². The highest BCUT2D eigenvalue weighted by atomic mass is 79.9. The Morgan fingerprint density at radius 3 is 2.68 bits per heavy atom. The summed E-state index contributed by atoms with van der Waals surface area (Å²) in [6, 6.07) is 6.52. The van der Waals surface area contributed by atoms with E-state index in [4.69, 9.17) is 8.94 Å². The number of aromatic nitrogens is 1. The van der Waals surface area contributed by atoms with Crippen LogP contribution in [0, 0.1) is 6.92 Å². The van der Waals surface area contributed by atoms with Gasteiger partial charge in [0.05, 0.1) is 4.47 Å². The van der Waals surface area contributed by atoms with Gasteiger partial charge in [0.25, 0.3) is 5.91 Å². The maximum atomic E-state index is 12.2. The van der Waals surface area contributed by atoms with E-state index in [1.165, 1.54) is 6.07 Å². The van der Waals surface area contributed by atoms with Crippen LogP contribution in [0.3, 0.4) is 0 Å². The molecule has 1 N–H and O–H groups in total. The number of nitrogens with one attached hydrogen (secondary N) is 1. The number of benzene rings is 1. The van der Waals surface area contributed by atoms with Crippen LogP contribution in [0.1, 0.15) is 16.1 Å². The molecule has 0 aliphatic carbocycles. The molecule has 0 unspecified atom stereocenters. The predicted octanol–water partition coefficient (Wildman–Crippen LogP) is 3.87. The van der Waals surface area contributed by atoms with Crippen LogP contribution in [-0.4, -0.2) is 11.1 Å². The van der Waals surface area contributed by atoms with Crippen LogP contribution < -0.4 is 10.9 Å². The highest BCUT2D eigenvalue weighted by Crippen LogP contribution is 2.28. The standard InChI is InChI=1S/C14H8Br2N2O4/c1-6-2-11(18-22-6)17-13(19)9-4-7-3-8(15)5-10(16)12(7)21-14(9)20/h2-5H,1H3,(H,17,18,19). The van der Waals surface area contributed by atoms with Crippen molar-refractivity contribution in [3.8, 4) is 0 Å². The molecule has 0 atom stereocenters. The monoisotopic (exact) mass is 426 g/mol. The smallest absolute Gasteiger partial charge is 0.349 e. The molecule has 0 radical (unpaired) electrons. The number of halogens is 2. The first-order valence-corrected chi connectivity index (χ1v) is 7.70. The number of aryl methyl sites for hydroxylation is 1. The fourth-order valence-electron chi connectivity index (χ4n) is 1.92. The molecule has 0 aliphatic rings. The Morgan fingerprint density at radius 2 is 2.00 bits per heavy atom. The van der Waals surface area contributed by atoms with E-state index < -0.39 is 11.5 Å². The van der Waals surface area contributed by atoms with Crippen LogP contribution in [0.2, 0.25) is 0 Å². The number of hydrogen-bond donors (Lipinski definition) is 1. The van der Waals surface area contributed by atoms with Crippen molar-refractivity contribution in [2.24, 2.45) is 0 Å². The molecule has 2 aromatic heterocycles. The van der Waals surface area contributed by atoms with Crippen molar-refractivity contribution < 1.29 is 13.7 Å². The third-order valence-electron chi connectivity index (χ3n) is 2.87. The van der Waals surface area contributed by atoms with Crippen LogP contribution in [0.15, 0.2) is 46.9 Å². The molecule has 1 aromatic carbocycles. The molecule has 3 rings (SSSR count). The molecule has 22 heavy (non-hydrogen) atoms. The summed E-state index contributed by atoms with van der Waals surface area (Å²) in [6.07, 6.45) is 0. The first kappa shape index (κ1) is 15.0. The van der Waals surface area contributed by atoms with Gasteiger partial charge >= 0.3 is 5.63 Å². The lowest BCUT2D eigenvalue weighted by atomic mass is 10.2. The molecule has 0 aliphatic heterocycles. The molecule has 8 heteroatoms. The zero-order chi connectivity index (χ0) is 15.9. The Bertz CT molecular complexity index is 946. The van der Waals surface area contributed by atoms with Crippen LogP contribution in [0.25, 0.3) is 11.0 Å². The lowest BCUT2D eigenvalue weighted by Crippen LogP contribution is -2.20. The van der Waals surface area contributed by atoms with Gasteiger partial charge in [0.2, 0.25) is 0 Å². The van der Waals surface area contributed by atoms with Gasteiger partial charge in [-0.3, -0.25) is 4.79 Å². The lowest BCUT2D eigenvalue weighted by molar-refractivity contribution is 0.102. The number of carbonyl (C=O) groups excluding carboxylic acids is 1. The van der Waals surface area contributed by atoms with Gasteiger partial charge in [-0.2, -0.15) is 0 Å². The molecule has 2 heterocycles. The van der Waals surface area contributed by atoms with Gasteiger partial charge in [-0.05, 0) is 41.1 Å². The summed E-state index contributed by atoms with van der Waals surface area (Å²) in [5.74, 6) is 0.172. The van der Waals surface area contributed by atoms with Crippen molar-refractivity contribution >= 4 is 54.6 Å². The summed E-state index contributed by atoms with van der Waals surface area (Å²) in [7, 11) is 0. The summed E-state index contributed by atoms with van der Waals surface area (Å²) in [5, 5.41) is 6.75. The first-order chi connectivity index (χ1) is 10.4. The zero-order valence-corrected chi connectivity index (χ0v) is 14.3. The maximum absolute atomic E-state index is 12.2. The summed E-state index contributed by atoms with van der Waals surface area (Å²) in [5.41, 5.74) is -0.464. The topological polar surface area (TPSA) is 85.3 Å². The number of anilines is 1. The SMILES string of the molecule is Cc1cc(NC(=O)c2cc3cc(Br)cc(Br)c3oc2=O)no1. The van der Waals surface area contributed by atoms with Gasteiger partial charge in [0, 0.05) is 15.9 Å². The van der Waals surface area contributed by atoms with E-state index in [1.54, 1.807) is 25.1 Å². The first-order valence-electron chi connectivity index (χ1n) is 6.11. The predicted molar refractivity (Wildman–Crippen MR) is 87.1 cm³/mol.